The summed E-state index contributed by atoms with van der Waals surface area (Å²) >= 11 is 0. The Hall–Kier alpha value is -4.13. The SMILES string of the molecule is COC(C(=O)NCCCCCCCCNC(=N)N)C(=O)NCCCCNCCCN.O=C(O)C(F)(F)F.O=C(O)C(F)(F)F.O=C(O)C(F)(F)F. The summed E-state index contributed by atoms with van der Waals surface area (Å²) in [6.45, 7) is 4.27. The van der Waals surface area contributed by atoms with Gasteiger partial charge in [0.15, 0.2) is 5.96 Å². The molecule has 0 aromatic rings. The molecule has 0 bridgehead atoms. The molecule has 0 saturated heterocycles. The van der Waals surface area contributed by atoms with Gasteiger partial charge in [0, 0.05) is 26.7 Å². The normalized spacial score (nSPS) is 11.5. The lowest BCUT2D eigenvalue weighted by Gasteiger charge is -2.15. The molecule has 1 unspecified atom stereocenters. The molecule has 0 heterocycles. The first kappa shape index (κ1) is 53.7. The van der Waals surface area contributed by atoms with Gasteiger partial charge in [-0.1, -0.05) is 25.7 Å². The first-order chi connectivity index (χ1) is 23.4. The highest BCUT2D eigenvalue weighted by atomic mass is 19.4. The topological polar surface area (TPSA) is 279 Å². The number of carboxylic acid groups (broad SMARTS) is 3. The fourth-order valence-electron chi connectivity index (χ4n) is 2.85. The molecule has 25 heteroatoms. The number of nitrogens with one attached hydrogen (secondary N) is 5. The Bertz CT molecular complexity index is 946. The van der Waals surface area contributed by atoms with Gasteiger partial charge in [0.2, 0.25) is 6.10 Å². The van der Waals surface area contributed by atoms with Gasteiger partial charge in [0.05, 0.1) is 0 Å². The Kier molecular flexibility index (Phi) is 32.3. The van der Waals surface area contributed by atoms with Crippen molar-refractivity contribution in [1.29, 1.82) is 5.41 Å². The molecule has 0 aromatic carbocycles. The van der Waals surface area contributed by atoms with E-state index in [1.165, 1.54) is 7.11 Å². The average molecular weight is 772 g/mol. The van der Waals surface area contributed by atoms with E-state index in [1.807, 2.05) is 0 Å². The van der Waals surface area contributed by atoms with Crippen LogP contribution in [-0.2, 0) is 28.7 Å². The number of nitrogens with two attached hydrogens (primary N) is 2. The van der Waals surface area contributed by atoms with Gasteiger partial charge in [0.25, 0.3) is 11.8 Å². The molecule has 0 aliphatic rings. The third kappa shape index (κ3) is 40.2. The molecule has 0 spiro atoms. The number of guanidine groups is 1. The van der Waals surface area contributed by atoms with Gasteiger partial charge in [0.1, 0.15) is 0 Å². The van der Waals surface area contributed by atoms with Crippen LogP contribution in [0.3, 0.4) is 0 Å². The van der Waals surface area contributed by atoms with E-state index in [-0.39, 0.29) is 5.96 Å². The lowest BCUT2D eigenvalue weighted by Crippen LogP contribution is -2.47. The van der Waals surface area contributed by atoms with Crippen LogP contribution in [0.25, 0.3) is 0 Å². The molecular weight excluding hydrogens is 725 g/mol. The van der Waals surface area contributed by atoms with E-state index in [4.69, 9.17) is 51.3 Å². The first-order valence-electron chi connectivity index (χ1n) is 14.8. The lowest BCUT2D eigenvalue weighted by atomic mass is 10.1. The minimum Gasteiger partial charge on any atom is -0.475 e. The van der Waals surface area contributed by atoms with Crippen LogP contribution in [0.1, 0.15) is 57.8 Å². The van der Waals surface area contributed by atoms with Crippen LogP contribution in [0.15, 0.2) is 0 Å². The second-order valence-corrected chi connectivity index (χ2v) is 9.67. The first-order valence-corrected chi connectivity index (χ1v) is 14.8. The predicted octanol–water partition coefficient (Wildman–Crippen LogP) is 1.68. The van der Waals surface area contributed by atoms with Crippen LogP contribution in [-0.4, -0.2) is 122 Å². The van der Waals surface area contributed by atoms with Crippen LogP contribution in [0.2, 0.25) is 0 Å². The Balaban J connectivity index is -0.000000421. The zero-order valence-electron chi connectivity index (χ0n) is 27.5. The van der Waals surface area contributed by atoms with Gasteiger partial charge < -0.3 is 52.8 Å². The number of halogens is 9. The number of methoxy groups -OCH3 is 1. The molecule has 0 fully saturated rings. The zero-order chi connectivity index (χ0) is 40.7. The molecule has 0 saturated carbocycles. The summed E-state index contributed by atoms with van der Waals surface area (Å²) in [4.78, 5) is 51.0. The van der Waals surface area contributed by atoms with Crippen molar-refractivity contribution in [3.63, 3.8) is 0 Å². The van der Waals surface area contributed by atoms with Crippen molar-refractivity contribution in [2.75, 3.05) is 46.4 Å². The fourth-order valence-corrected chi connectivity index (χ4v) is 2.85. The highest BCUT2D eigenvalue weighted by Gasteiger charge is 2.39. The maximum absolute atomic E-state index is 12.2. The monoisotopic (exact) mass is 771 g/mol. The van der Waals surface area contributed by atoms with Crippen LogP contribution in [0.4, 0.5) is 39.5 Å². The summed E-state index contributed by atoms with van der Waals surface area (Å²) in [5.74, 6) is -9.05. The van der Waals surface area contributed by atoms with E-state index >= 15 is 0 Å². The molecular formula is C26H46F9N7O9. The van der Waals surface area contributed by atoms with Gasteiger partial charge >= 0.3 is 36.4 Å². The largest absolute Gasteiger partial charge is 0.490 e. The number of carbonyl (C=O) groups excluding carboxylic acids is 2. The molecule has 302 valence electrons. The van der Waals surface area contributed by atoms with Crippen LogP contribution < -0.4 is 32.7 Å². The molecule has 0 aliphatic carbocycles. The van der Waals surface area contributed by atoms with Crippen molar-refractivity contribution in [2.24, 2.45) is 11.5 Å². The van der Waals surface area contributed by atoms with E-state index in [0.29, 0.717) is 19.6 Å². The third-order valence-corrected chi connectivity index (χ3v) is 5.29. The minimum absolute atomic E-state index is 0.0140. The summed E-state index contributed by atoms with van der Waals surface area (Å²) in [6, 6.07) is 0. The summed E-state index contributed by atoms with van der Waals surface area (Å²) in [5.41, 5.74) is 10.6. The van der Waals surface area contributed by atoms with Gasteiger partial charge in [-0.3, -0.25) is 15.0 Å². The summed E-state index contributed by atoms with van der Waals surface area (Å²) in [5, 5.41) is 40.0. The Morgan fingerprint density at radius 2 is 0.863 bits per heavy atom. The summed E-state index contributed by atoms with van der Waals surface area (Å²) in [7, 11) is 1.37. The average Bonchev–Trinajstić information content (AvgIpc) is 2.99. The second kappa shape index (κ2) is 30.7. The maximum Gasteiger partial charge on any atom is 0.490 e. The van der Waals surface area contributed by atoms with Crippen molar-refractivity contribution < 1.29 is 83.5 Å². The number of ether oxygens (including phenoxy) is 1. The molecule has 2 amide bonds. The van der Waals surface area contributed by atoms with Crippen LogP contribution in [0.5, 0.6) is 0 Å². The van der Waals surface area contributed by atoms with Crippen molar-refractivity contribution >= 4 is 35.7 Å². The van der Waals surface area contributed by atoms with E-state index in [9.17, 15) is 49.1 Å². The van der Waals surface area contributed by atoms with Gasteiger partial charge in [-0.25, -0.2) is 14.4 Å². The molecule has 12 N–H and O–H groups in total. The standard InChI is InChI=1S/C20H43N7O3.3C2HF3O2/c1-30-17(19(29)26-15-9-8-12-24-13-10-11-21)18(28)25-14-6-4-2-3-5-7-16-27-20(22)23;3*3-2(4,5)1(6)7/h17,24H,2-16,21H2,1H3,(H,25,28)(H,26,29)(H4,22,23,27);3*(H,6,7). The molecule has 16 nitrogen and oxygen atoms in total. The number of carboxylic acids is 3. The number of amides is 2. The van der Waals surface area contributed by atoms with E-state index < -0.39 is 54.4 Å². The number of unbranched alkanes of at least 4 members (excludes halogenated alkanes) is 6. The van der Waals surface area contributed by atoms with Crippen molar-refractivity contribution in [1.82, 2.24) is 21.3 Å². The van der Waals surface area contributed by atoms with E-state index in [2.05, 4.69) is 21.3 Å². The summed E-state index contributed by atoms with van der Waals surface area (Å²) < 4.78 is 100. The molecule has 0 aliphatic heterocycles. The quantitative estimate of drug-likeness (QED) is 0.0278. The fraction of sp³-hybridized carbons (Fsp3) is 0.769. The molecule has 0 radical (unpaired) electrons. The maximum atomic E-state index is 12.2. The van der Waals surface area contributed by atoms with Crippen molar-refractivity contribution in [3.05, 3.63) is 0 Å². The lowest BCUT2D eigenvalue weighted by molar-refractivity contribution is -0.193. The number of rotatable bonds is 20. The van der Waals surface area contributed by atoms with Gasteiger partial charge in [-0.05, 0) is 51.7 Å². The number of carbonyl (C=O) groups is 5. The third-order valence-electron chi connectivity index (χ3n) is 5.29. The van der Waals surface area contributed by atoms with E-state index in [0.717, 1.165) is 77.4 Å². The smallest absolute Gasteiger partial charge is 0.475 e. The van der Waals surface area contributed by atoms with Crippen LogP contribution in [0, 0.1) is 5.41 Å². The Morgan fingerprint density at radius 3 is 1.16 bits per heavy atom. The van der Waals surface area contributed by atoms with Crippen molar-refractivity contribution in [3.8, 4) is 0 Å². The highest BCUT2D eigenvalue weighted by molar-refractivity contribution is 6.03. The number of aliphatic carboxylic acids is 3. The minimum atomic E-state index is -5.08. The number of hydrogen-bond donors (Lipinski definition) is 10. The number of hydrogen-bond acceptors (Lipinski definition) is 9. The zero-order valence-corrected chi connectivity index (χ0v) is 27.5. The molecule has 0 rings (SSSR count). The van der Waals surface area contributed by atoms with Crippen LogP contribution >= 0.6 is 0 Å². The highest BCUT2D eigenvalue weighted by Crippen LogP contribution is 2.14. The molecule has 1 atom stereocenters. The number of alkyl halides is 9. The molecule has 51 heavy (non-hydrogen) atoms. The van der Waals surface area contributed by atoms with E-state index in [1.54, 1.807) is 0 Å². The van der Waals surface area contributed by atoms with Crippen molar-refractivity contribution in [2.45, 2.75) is 82.4 Å². The summed E-state index contributed by atoms with van der Waals surface area (Å²) in [6.07, 6.45) is -7.45. The Morgan fingerprint density at radius 1 is 0.588 bits per heavy atom. The van der Waals surface area contributed by atoms with Gasteiger partial charge in [-0.15, -0.1) is 0 Å². The predicted molar refractivity (Wildman–Crippen MR) is 161 cm³/mol. The second-order valence-electron chi connectivity index (χ2n) is 9.67. The molecule has 0 aromatic heterocycles. The van der Waals surface area contributed by atoms with Gasteiger partial charge in [-0.2, -0.15) is 39.5 Å². The Labute approximate surface area is 286 Å².